The van der Waals surface area contributed by atoms with Crippen molar-refractivity contribution in [2.45, 2.75) is 52.2 Å². The second-order valence-corrected chi connectivity index (χ2v) is 6.65. The van der Waals surface area contributed by atoms with Crippen LogP contribution in [0.5, 0.6) is 0 Å². The summed E-state index contributed by atoms with van der Waals surface area (Å²) in [5.41, 5.74) is 3.69. The zero-order valence-electron chi connectivity index (χ0n) is 14.2. The number of anilines is 1. The molecule has 4 nitrogen and oxygen atoms in total. The fourth-order valence-corrected chi connectivity index (χ4v) is 3.00. The van der Waals surface area contributed by atoms with Crippen LogP contribution in [0.2, 0.25) is 0 Å². The van der Waals surface area contributed by atoms with Crippen LogP contribution >= 0.6 is 0 Å². The van der Waals surface area contributed by atoms with Crippen LogP contribution in [0.25, 0.3) is 0 Å². The van der Waals surface area contributed by atoms with Crippen molar-refractivity contribution in [3.8, 4) is 0 Å². The molecule has 1 saturated heterocycles. The standard InChI is InChI=1S/C17H30N4/c1-13(2)18-10-15-11-19-14(3)9-17(15)21(5)12-16-7-6-8-20(16)4/h9,11,13,16,18H,6-8,10,12H2,1-5H3. The van der Waals surface area contributed by atoms with E-state index in [0.717, 1.165) is 18.8 Å². The molecule has 1 aliphatic heterocycles. The van der Waals surface area contributed by atoms with Gasteiger partial charge in [-0.15, -0.1) is 0 Å². The number of pyridine rings is 1. The number of hydrogen-bond acceptors (Lipinski definition) is 4. The number of likely N-dealkylation sites (tertiary alicyclic amines) is 1. The van der Waals surface area contributed by atoms with Crippen LogP contribution in [0, 0.1) is 6.92 Å². The van der Waals surface area contributed by atoms with Crippen molar-refractivity contribution >= 4 is 5.69 Å². The van der Waals surface area contributed by atoms with E-state index in [4.69, 9.17) is 0 Å². The molecule has 0 bridgehead atoms. The van der Waals surface area contributed by atoms with Gasteiger partial charge < -0.3 is 15.1 Å². The number of nitrogens with one attached hydrogen (secondary N) is 1. The highest BCUT2D eigenvalue weighted by atomic mass is 15.2. The molecule has 0 aliphatic carbocycles. The van der Waals surface area contributed by atoms with E-state index in [1.54, 1.807) is 0 Å². The molecule has 1 N–H and O–H groups in total. The Kier molecular flexibility index (Phi) is 5.59. The van der Waals surface area contributed by atoms with Crippen molar-refractivity contribution in [2.24, 2.45) is 0 Å². The van der Waals surface area contributed by atoms with Crippen LogP contribution in [-0.4, -0.2) is 49.2 Å². The first-order valence-electron chi connectivity index (χ1n) is 8.07. The predicted octanol–water partition coefficient (Wildman–Crippen LogP) is 2.42. The van der Waals surface area contributed by atoms with Crippen molar-refractivity contribution < 1.29 is 0 Å². The molecule has 118 valence electrons. The Labute approximate surface area is 129 Å². The van der Waals surface area contributed by atoms with E-state index in [0.29, 0.717) is 12.1 Å². The minimum atomic E-state index is 0.491. The molecule has 0 amide bonds. The molecule has 1 aromatic heterocycles. The molecule has 0 aromatic carbocycles. The molecule has 1 aliphatic rings. The van der Waals surface area contributed by atoms with Crippen LogP contribution in [0.4, 0.5) is 5.69 Å². The zero-order valence-corrected chi connectivity index (χ0v) is 14.2. The van der Waals surface area contributed by atoms with E-state index >= 15 is 0 Å². The maximum absolute atomic E-state index is 4.47. The smallest absolute Gasteiger partial charge is 0.0443 e. The predicted molar refractivity (Wildman–Crippen MR) is 89.9 cm³/mol. The van der Waals surface area contributed by atoms with Gasteiger partial charge in [0.25, 0.3) is 0 Å². The Bertz CT molecular complexity index is 458. The van der Waals surface area contributed by atoms with Crippen LogP contribution in [0.15, 0.2) is 12.3 Å². The Balaban J connectivity index is 2.10. The molecule has 21 heavy (non-hydrogen) atoms. The number of aromatic nitrogens is 1. The molecule has 1 fully saturated rings. The highest BCUT2D eigenvalue weighted by Crippen LogP contribution is 2.23. The Hall–Kier alpha value is -1.13. The van der Waals surface area contributed by atoms with Gasteiger partial charge in [0.05, 0.1) is 0 Å². The number of rotatable bonds is 6. The quantitative estimate of drug-likeness (QED) is 0.872. The van der Waals surface area contributed by atoms with E-state index in [9.17, 15) is 0 Å². The Morgan fingerprint density at radius 1 is 1.48 bits per heavy atom. The molecule has 0 saturated carbocycles. The van der Waals surface area contributed by atoms with Gasteiger partial charge in [0.15, 0.2) is 0 Å². The number of aryl methyl sites for hydroxylation is 1. The van der Waals surface area contributed by atoms with Crippen molar-refractivity contribution in [1.82, 2.24) is 15.2 Å². The maximum atomic E-state index is 4.47. The minimum absolute atomic E-state index is 0.491. The summed E-state index contributed by atoms with van der Waals surface area (Å²) < 4.78 is 0. The van der Waals surface area contributed by atoms with Gasteiger partial charge in [0.1, 0.15) is 0 Å². The largest absolute Gasteiger partial charge is 0.373 e. The minimum Gasteiger partial charge on any atom is -0.373 e. The van der Waals surface area contributed by atoms with Gasteiger partial charge in [-0.2, -0.15) is 0 Å². The second kappa shape index (κ2) is 7.23. The van der Waals surface area contributed by atoms with Gasteiger partial charge in [-0.25, -0.2) is 0 Å². The first-order valence-corrected chi connectivity index (χ1v) is 8.07. The summed E-state index contributed by atoms with van der Waals surface area (Å²) >= 11 is 0. The second-order valence-electron chi connectivity index (χ2n) is 6.65. The normalized spacial score (nSPS) is 19.4. The first kappa shape index (κ1) is 16.2. The summed E-state index contributed by atoms with van der Waals surface area (Å²) in [4.78, 5) is 9.35. The van der Waals surface area contributed by atoms with E-state index in [1.165, 1.54) is 30.6 Å². The average Bonchev–Trinajstić information content (AvgIpc) is 2.82. The van der Waals surface area contributed by atoms with E-state index in [-0.39, 0.29) is 0 Å². The van der Waals surface area contributed by atoms with Crippen molar-refractivity contribution in [3.05, 3.63) is 23.5 Å². The molecular weight excluding hydrogens is 260 g/mol. The molecule has 4 heteroatoms. The summed E-state index contributed by atoms with van der Waals surface area (Å²) in [6, 6.07) is 3.38. The summed E-state index contributed by atoms with van der Waals surface area (Å²) in [6.45, 7) is 9.63. The molecule has 1 unspecified atom stereocenters. The molecule has 2 heterocycles. The zero-order chi connectivity index (χ0) is 15.4. The Morgan fingerprint density at radius 3 is 2.86 bits per heavy atom. The fraction of sp³-hybridized carbons (Fsp3) is 0.706. The van der Waals surface area contributed by atoms with Gasteiger partial charge in [-0.3, -0.25) is 4.98 Å². The van der Waals surface area contributed by atoms with Gasteiger partial charge in [-0.05, 0) is 39.4 Å². The molecule has 0 radical (unpaired) electrons. The molecular formula is C17H30N4. The summed E-state index contributed by atoms with van der Waals surface area (Å²) in [6.07, 6.45) is 4.66. The SMILES string of the molecule is Cc1cc(N(C)CC2CCCN2C)c(CNC(C)C)cn1. The van der Waals surface area contributed by atoms with E-state index in [1.807, 2.05) is 6.20 Å². The lowest BCUT2D eigenvalue weighted by Gasteiger charge is -2.29. The number of hydrogen-bond donors (Lipinski definition) is 1. The van der Waals surface area contributed by atoms with Gasteiger partial charge >= 0.3 is 0 Å². The van der Waals surface area contributed by atoms with E-state index < -0.39 is 0 Å². The number of likely N-dealkylation sites (N-methyl/N-ethyl adjacent to an activating group) is 2. The Morgan fingerprint density at radius 2 is 2.24 bits per heavy atom. The monoisotopic (exact) mass is 290 g/mol. The topological polar surface area (TPSA) is 31.4 Å². The summed E-state index contributed by atoms with van der Waals surface area (Å²) in [5, 5.41) is 3.50. The number of nitrogens with zero attached hydrogens (tertiary/aromatic N) is 3. The third kappa shape index (κ3) is 4.42. The summed E-state index contributed by atoms with van der Waals surface area (Å²) in [5.74, 6) is 0. The lowest BCUT2D eigenvalue weighted by atomic mass is 10.1. The maximum Gasteiger partial charge on any atom is 0.0443 e. The molecule has 0 spiro atoms. The van der Waals surface area contributed by atoms with Crippen LogP contribution < -0.4 is 10.2 Å². The van der Waals surface area contributed by atoms with Crippen LogP contribution in [0.3, 0.4) is 0 Å². The molecule has 1 atom stereocenters. The van der Waals surface area contributed by atoms with Crippen molar-refractivity contribution in [1.29, 1.82) is 0 Å². The third-order valence-electron chi connectivity index (χ3n) is 4.37. The van der Waals surface area contributed by atoms with Crippen LogP contribution in [0.1, 0.15) is 37.9 Å². The summed E-state index contributed by atoms with van der Waals surface area (Å²) in [7, 11) is 4.45. The highest BCUT2D eigenvalue weighted by molar-refractivity contribution is 5.53. The molecule has 1 aromatic rings. The molecule has 2 rings (SSSR count). The first-order chi connectivity index (χ1) is 9.97. The lowest BCUT2D eigenvalue weighted by Crippen LogP contribution is -2.37. The highest BCUT2D eigenvalue weighted by Gasteiger charge is 2.23. The fourth-order valence-electron chi connectivity index (χ4n) is 3.00. The van der Waals surface area contributed by atoms with Gasteiger partial charge in [-0.1, -0.05) is 13.8 Å². The van der Waals surface area contributed by atoms with Crippen molar-refractivity contribution in [2.75, 3.05) is 32.1 Å². The average molecular weight is 290 g/mol. The van der Waals surface area contributed by atoms with Crippen molar-refractivity contribution in [3.63, 3.8) is 0 Å². The van der Waals surface area contributed by atoms with E-state index in [2.05, 4.69) is 61.0 Å². The lowest BCUT2D eigenvalue weighted by molar-refractivity contribution is 0.314. The third-order valence-corrected chi connectivity index (χ3v) is 4.37. The van der Waals surface area contributed by atoms with Gasteiger partial charge in [0.2, 0.25) is 0 Å². The van der Waals surface area contributed by atoms with Gasteiger partial charge in [0, 0.05) is 55.4 Å². The van der Waals surface area contributed by atoms with Crippen LogP contribution in [-0.2, 0) is 6.54 Å².